The van der Waals surface area contributed by atoms with Gasteiger partial charge in [-0.3, -0.25) is 0 Å². The highest BCUT2D eigenvalue weighted by Gasteiger charge is 2.58. The number of hydrogen-bond donors (Lipinski definition) is 0. The van der Waals surface area contributed by atoms with Crippen molar-refractivity contribution >= 4 is 8.56 Å². The fourth-order valence-electron chi connectivity index (χ4n) is 2.52. The molecular weight excluding hydrogens is 216 g/mol. The molecular formula is C13H30O2Si. The van der Waals surface area contributed by atoms with Gasteiger partial charge in [0.1, 0.15) is 0 Å². The Balaban J connectivity index is 5.42. The molecule has 0 aromatic rings. The molecule has 0 rings (SSSR count). The van der Waals surface area contributed by atoms with E-state index < -0.39 is 8.56 Å². The van der Waals surface area contributed by atoms with Crippen LogP contribution in [-0.4, -0.2) is 21.8 Å². The van der Waals surface area contributed by atoms with Gasteiger partial charge in [0.25, 0.3) is 0 Å². The third-order valence-corrected chi connectivity index (χ3v) is 8.96. The van der Waals surface area contributed by atoms with Crippen LogP contribution in [0.5, 0.6) is 0 Å². The van der Waals surface area contributed by atoms with Gasteiger partial charge in [-0.05, 0) is 20.3 Å². The van der Waals surface area contributed by atoms with E-state index in [9.17, 15) is 0 Å². The van der Waals surface area contributed by atoms with E-state index in [0.717, 1.165) is 19.6 Å². The van der Waals surface area contributed by atoms with E-state index >= 15 is 0 Å². The Kier molecular flexibility index (Phi) is 5.70. The lowest BCUT2D eigenvalue weighted by molar-refractivity contribution is 0.133. The molecule has 0 unspecified atom stereocenters. The molecule has 0 fully saturated rings. The van der Waals surface area contributed by atoms with Crippen LogP contribution in [0.3, 0.4) is 0 Å². The Bertz CT molecular complexity index is 200. The first-order chi connectivity index (χ1) is 7.18. The largest absolute Gasteiger partial charge is 0.394 e. The van der Waals surface area contributed by atoms with Crippen LogP contribution in [0.2, 0.25) is 10.1 Å². The zero-order valence-corrected chi connectivity index (χ0v) is 13.4. The van der Waals surface area contributed by atoms with Crippen LogP contribution in [0.25, 0.3) is 0 Å². The van der Waals surface area contributed by atoms with Gasteiger partial charge in [-0.15, -0.1) is 0 Å². The first-order valence-electron chi connectivity index (χ1n) is 6.46. The van der Waals surface area contributed by atoms with E-state index in [4.69, 9.17) is 8.85 Å². The molecule has 98 valence electrons. The van der Waals surface area contributed by atoms with Gasteiger partial charge in [0, 0.05) is 23.3 Å². The quantitative estimate of drug-likeness (QED) is 0.643. The second kappa shape index (κ2) is 5.65. The van der Waals surface area contributed by atoms with E-state index in [-0.39, 0.29) is 10.1 Å². The zero-order chi connectivity index (χ0) is 13.0. The zero-order valence-electron chi connectivity index (χ0n) is 12.4. The van der Waals surface area contributed by atoms with Crippen molar-refractivity contribution in [3.05, 3.63) is 0 Å². The lowest BCUT2D eigenvalue weighted by Crippen LogP contribution is -2.58. The molecule has 3 heteroatoms. The molecule has 16 heavy (non-hydrogen) atoms. The summed E-state index contributed by atoms with van der Waals surface area (Å²) >= 11 is 0. The van der Waals surface area contributed by atoms with Gasteiger partial charge in [-0.25, -0.2) is 0 Å². The molecule has 0 aliphatic rings. The smallest absolute Gasteiger partial charge is 0.349 e. The van der Waals surface area contributed by atoms with E-state index in [1.54, 1.807) is 0 Å². The molecule has 0 aromatic carbocycles. The molecule has 0 aliphatic heterocycles. The summed E-state index contributed by atoms with van der Waals surface area (Å²) in [7, 11) is -2.22. The topological polar surface area (TPSA) is 18.5 Å². The highest BCUT2D eigenvalue weighted by atomic mass is 28.4. The van der Waals surface area contributed by atoms with Crippen LogP contribution in [0.4, 0.5) is 0 Å². The normalized spacial score (nSPS) is 14.2. The highest BCUT2D eigenvalue weighted by Crippen LogP contribution is 2.54. The Labute approximate surface area is 103 Å². The average Bonchev–Trinajstić information content (AvgIpc) is 2.15. The maximum atomic E-state index is 6.21. The minimum atomic E-state index is -2.22. The van der Waals surface area contributed by atoms with Gasteiger partial charge in [0.15, 0.2) is 0 Å². The molecule has 2 nitrogen and oxygen atoms in total. The maximum absolute atomic E-state index is 6.21. The van der Waals surface area contributed by atoms with Crippen LogP contribution in [0.15, 0.2) is 0 Å². The average molecular weight is 246 g/mol. The Hall–Kier alpha value is 0.137. The molecule has 0 saturated carbocycles. The second-order valence-corrected chi connectivity index (χ2v) is 10.6. The van der Waals surface area contributed by atoms with Crippen molar-refractivity contribution in [2.24, 2.45) is 0 Å². The van der Waals surface area contributed by atoms with Crippen molar-refractivity contribution in [3.8, 4) is 0 Å². The second-order valence-electron chi connectivity index (χ2n) is 5.97. The van der Waals surface area contributed by atoms with Gasteiger partial charge in [-0.2, -0.15) is 0 Å². The highest BCUT2D eigenvalue weighted by molar-refractivity contribution is 6.73. The van der Waals surface area contributed by atoms with Crippen LogP contribution < -0.4 is 0 Å². The van der Waals surface area contributed by atoms with Crippen molar-refractivity contribution in [2.75, 3.05) is 13.2 Å². The minimum absolute atomic E-state index is 0.0958. The summed E-state index contributed by atoms with van der Waals surface area (Å²) in [4.78, 5) is 0. The minimum Gasteiger partial charge on any atom is -0.394 e. The summed E-state index contributed by atoms with van der Waals surface area (Å²) in [5, 5.41) is 0.232. The van der Waals surface area contributed by atoms with Crippen LogP contribution in [-0.2, 0) is 8.85 Å². The van der Waals surface area contributed by atoms with E-state index in [1.165, 1.54) is 0 Å². The lowest BCUT2D eigenvalue weighted by Gasteiger charge is -2.50. The molecule has 0 saturated heterocycles. The summed E-state index contributed by atoms with van der Waals surface area (Å²) in [6, 6.07) is 0. The maximum Gasteiger partial charge on any atom is 0.349 e. The summed E-state index contributed by atoms with van der Waals surface area (Å²) in [6.45, 7) is 19.2. The molecule has 0 aromatic heterocycles. The van der Waals surface area contributed by atoms with Gasteiger partial charge in [0.2, 0.25) is 0 Å². The molecule has 0 heterocycles. The fourth-order valence-corrected chi connectivity index (χ4v) is 7.56. The van der Waals surface area contributed by atoms with Crippen molar-refractivity contribution in [3.63, 3.8) is 0 Å². The predicted molar refractivity (Wildman–Crippen MR) is 73.1 cm³/mol. The Morgan fingerprint density at radius 1 is 0.812 bits per heavy atom. The summed E-state index contributed by atoms with van der Waals surface area (Å²) in [5.74, 6) is 0. The molecule has 0 spiro atoms. The first-order valence-corrected chi connectivity index (χ1v) is 8.28. The van der Waals surface area contributed by atoms with Crippen LogP contribution in [0, 0.1) is 0 Å². The van der Waals surface area contributed by atoms with E-state index in [0.29, 0.717) is 0 Å². The molecule has 0 radical (unpaired) electrons. The van der Waals surface area contributed by atoms with Crippen LogP contribution >= 0.6 is 0 Å². The first kappa shape index (κ1) is 16.1. The monoisotopic (exact) mass is 246 g/mol. The molecule has 0 aliphatic carbocycles. The number of rotatable bonds is 6. The van der Waals surface area contributed by atoms with Gasteiger partial charge >= 0.3 is 8.56 Å². The van der Waals surface area contributed by atoms with Crippen molar-refractivity contribution in [1.82, 2.24) is 0 Å². The molecule has 0 bridgehead atoms. The summed E-state index contributed by atoms with van der Waals surface area (Å²) in [6.07, 6.45) is 1.09. The Morgan fingerprint density at radius 3 is 1.38 bits per heavy atom. The van der Waals surface area contributed by atoms with Gasteiger partial charge in [-0.1, -0.05) is 41.5 Å². The SMILES string of the molecule is CCO[Si](OCC)(C(C)(C)C)C(C)(C)CC. The van der Waals surface area contributed by atoms with Gasteiger partial charge < -0.3 is 8.85 Å². The fraction of sp³-hybridized carbons (Fsp3) is 1.00. The number of hydrogen-bond acceptors (Lipinski definition) is 2. The standard InChI is InChI=1S/C13H30O2Si/c1-9-13(7,8)16(14-10-2,15-11-3)12(4,5)6/h9-11H2,1-8H3. The van der Waals surface area contributed by atoms with E-state index in [2.05, 4.69) is 55.4 Å². The molecule has 0 amide bonds. The van der Waals surface area contributed by atoms with Gasteiger partial charge in [0.05, 0.1) is 0 Å². The Morgan fingerprint density at radius 2 is 1.19 bits per heavy atom. The van der Waals surface area contributed by atoms with Crippen LogP contribution in [0.1, 0.15) is 61.8 Å². The molecule has 0 atom stereocenters. The lowest BCUT2D eigenvalue weighted by atomic mass is 10.1. The van der Waals surface area contributed by atoms with E-state index in [1.807, 2.05) is 0 Å². The third kappa shape index (κ3) is 2.87. The van der Waals surface area contributed by atoms with Crippen molar-refractivity contribution in [2.45, 2.75) is 71.9 Å². The summed E-state index contributed by atoms with van der Waals surface area (Å²) < 4.78 is 12.4. The summed E-state index contributed by atoms with van der Waals surface area (Å²) in [5.41, 5.74) is 0. The van der Waals surface area contributed by atoms with Crippen molar-refractivity contribution in [1.29, 1.82) is 0 Å². The third-order valence-electron chi connectivity index (χ3n) is 3.46. The molecule has 0 N–H and O–H groups in total. The predicted octanol–water partition coefficient (Wildman–Crippen LogP) is 4.49. The van der Waals surface area contributed by atoms with Crippen molar-refractivity contribution < 1.29 is 8.85 Å².